The Hall–Kier alpha value is -1.77. The van der Waals surface area contributed by atoms with Crippen LogP contribution in [0.15, 0.2) is 41.1 Å². The summed E-state index contributed by atoms with van der Waals surface area (Å²) in [4.78, 5) is 0. The molecule has 1 heterocycles. The van der Waals surface area contributed by atoms with Crippen molar-refractivity contribution < 1.29 is 4.52 Å². The maximum atomic E-state index is 4.97. The third-order valence-electron chi connectivity index (χ3n) is 2.01. The van der Waals surface area contributed by atoms with Crippen molar-refractivity contribution in [1.82, 2.24) is 5.16 Å². The molecule has 2 aromatic rings. The molecule has 0 unspecified atom stereocenters. The first kappa shape index (κ1) is 8.81. The molecule has 0 aliphatic carbocycles. The molecule has 1 aromatic carbocycles. The Balaban J connectivity index is 1.95. The van der Waals surface area contributed by atoms with Gasteiger partial charge < -0.3 is 9.84 Å². The molecular weight excluding hydrogens is 176 g/mol. The fourth-order valence-electron chi connectivity index (χ4n) is 1.19. The van der Waals surface area contributed by atoms with Gasteiger partial charge in [0, 0.05) is 11.8 Å². The number of hydrogen-bond acceptors (Lipinski definition) is 3. The highest BCUT2D eigenvalue weighted by molar-refractivity contribution is 5.44. The fourth-order valence-corrected chi connectivity index (χ4v) is 1.19. The predicted octanol–water partition coefficient (Wildman–Crippen LogP) is 2.60. The molecule has 14 heavy (non-hydrogen) atoms. The number of anilines is 1. The van der Waals surface area contributed by atoms with Crippen LogP contribution in [0.5, 0.6) is 0 Å². The molecule has 3 nitrogen and oxygen atoms in total. The molecule has 0 aliphatic rings. The number of rotatable bonds is 3. The van der Waals surface area contributed by atoms with E-state index in [1.165, 1.54) is 5.56 Å². The summed E-state index contributed by atoms with van der Waals surface area (Å²) in [5.74, 6) is 0.838. The zero-order valence-corrected chi connectivity index (χ0v) is 8.03. The van der Waals surface area contributed by atoms with Gasteiger partial charge in [-0.05, 0) is 19.1 Å². The van der Waals surface area contributed by atoms with Crippen molar-refractivity contribution in [3.8, 4) is 0 Å². The first-order valence-electron chi connectivity index (χ1n) is 4.55. The van der Waals surface area contributed by atoms with E-state index in [0.717, 1.165) is 11.4 Å². The molecule has 72 valence electrons. The van der Waals surface area contributed by atoms with Gasteiger partial charge in [-0.25, -0.2) is 0 Å². The summed E-state index contributed by atoms with van der Waals surface area (Å²) in [5.41, 5.74) is 2.35. The summed E-state index contributed by atoms with van der Waals surface area (Å²) in [6.45, 7) is 2.74. The molecule has 1 N–H and O–H groups in total. The molecule has 0 radical (unpaired) electrons. The maximum Gasteiger partial charge on any atom is 0.155 e. The summed E-state index contributed by atoms with van der Waals surface area (Å²) in [6.07, 6.45) is 1.64. The Kier molecular flexibility index (Phi) is 2.49. The minimum absolute atomic E-state index is 0.670. The number of benzene rings is 1. The third kappa shape index (κ3) is 2.13. The standard InChI is InChI=1S/C11H12N2O/c1-9-2-4-10(5-3-9)12-8-11-6-7-13-14-11/h2-7,12H,8H2,1H3. The average molecular weight is 188 g/mol. The topological polar surface area (TPSA) is 38.1 Å². The van der Waals surface area contributed by atoms with Crippen molar-refractivity contribution in [3.05, 3.63) is 47.9 Å². The van der Waals surface area contributed by atoms with Crippen LogP contribution in [0, 0.1) is 6.92 Å². The van der Waals surface area contributed by atoms with E-state index in [2.05, 4.69) is 29.5 Å². The molecule has 0 saturated carbocycles. The van der Waals surface area contributed by atoms with E-state index >= 15 is 0 Å². The Labute approximate surface area is 82.7 Å². The highest BCUT2D eigenvalue weighted by atomic mass is 16.5. The highest BCUT2D eigenvalue weighted by Crippen LogP contribution is 2.10. The normalized spacial score (nSPS) is 10.1. The summed E-state index contributed by atoms with van der Waals surface area (Å²) >= 11 is 0. The lowest BCUT2D eigenvalue weighted by molar-refractivity contribution is 0.388. The molecule has 0 bridgehead atoms. The van der Waals surface area contributed by atoms with Gasteiger partial charge >= 0.3 is 0 Å². The van der Waals surface area contributed by atoms with Crippen LogP contribution in [-0.2, 0) is 6.54 Å². The van der Waals surface area contributed by atoms with Crippen LogP contribution < -0.4 is 5.32 Å². The van der Waals surface area contributed by atoms with Gasteiger partial charge in [-0.2, -0.15) is 0 Å². The molecule has 0 amide bonds. The monoisotopic (exact) mass is 188 g/mol. The van der Waals surface area contributed by atoms with Crippen molar-refractivity contribution in [3.63, 3.8) is 0 Å². The molecule has 2 rings (SSSR count). The summed E-state index contributed by atoms with van der Waals surface area (Å²) in [7, 11) is 0. The van der Waals surface area contributed by atoms with Crippen LogP contribution in [0.4, 0.5) is 5.69 Å². The summed E-state index contributed by atoms with van der Waals surface area (Å²) in [5, 5.41) is 6.87. The number of nitrogens with one attached hydrogen (secondary N) is 1. The Morgan fingerprint density at radius 3 is 2.64 bits per heavy atom. The number of nitrogens with zero attached hydrogens (tertiary/aromatic N) is 1. The van der Waals surface area contributed by atoms with Crippen LogP contribution in [0.2, 0.25) is 0 Å². The van der Waals surface area contributed by atoms with Crippen LogP contribution in [0.3, 0.4) is 0 Å². The van der Waals surface area contributed by atoms with Gasteiger partial charge in [0.2, 0.25) is 0 Å². The zero-order valence-electron chi connectivity index (χ0n) is 8.03. The van der Waals surface area contributed by atoms with Gasteiger partial charge in [0.1, 0.15) is 0 Å². The lowest BCUT2D eigenvalue weighted by Crippen LogP contribution is -1.97. The lowest BCUT2D eigenvalue weighted by Gasteiger charge is -2.03. The largest absolute Gasteiger partial charge is 0.378 e. The maximum absolute atomic E-state index is 4.97. The summed E-state index contributed by atoms with van der Waals surface area (Å²) in [6, 6.07) is 10.1. The first-order valence-corrected chi connectivity index (χ1v) is 4.55. The van der Waals surface area contributed by atoms with Gasteiger partial charge in [0.15, 0.2) is 5.76 Å². The Morgan fingerprint density at radius 2 is 2.00 bits per heavy atom. The Morgan fingerprint density at radius 1 is 1.21 bits per heavy atom. The number of aromatic nitrogens is 1. The number of aryl methyl sites for hydroxylation is 1. The molecule has 0 atom stereocenters. The Bertz CT molecular complexity index is 378. The van der Waals surface area contributed by atoms with Crippen molar-refractivity contribution in [1.29, 1.82) is 0 Å². The van der Waals surface area contributed by atoms with E-state index in [1.54, 1.807) is 6.20 Å². The van der Waals surface area contributed by atoms with Gasteiger partial charge in [-0.1, -0.05) is 22.9 Å². The SMILES string of the molecule is Cc1ccc(NCc2ccno2)cc1. The first-order chi connectivity index (χ1) is 6.84. The van der Waals surface area contributed by atoms with Crippen molar-refractivity contribution in [2.24, 2.45) is 0 Å². The van der Waals surface area contributed by atoms with E-state index in [1.807, 2.05) is 18.2 Å². The minimum atomic E-state index is 0.670. The van der Waals surface area contributed by atoms with Crippen LogP contribution in [0.1, 0.15) is 11.3 Å². The summed E-state index contributed by atoms with van der Waals surface area (Å²) < 4.78 is 4.97. The van der Waals surface area contributed by atoms with Crippen molar-refractivity contribution in [2.45, 2.75) is 13.5 Å². The second kappa shape index (κ2) is 3.96. The van der Waals surface area contributed by atoms with E-state index in [-0.39, 0.29) is 0 Å². The zero-order chi connectivity index (χ0) is 9.80. The molecule has 0 spiro atoms. The highest BCUT2D eigenvalue weighted by Gasteiger charge is 1.96. The van der Waals surface area contributed by atoms with Crippen LogP contribution in [0.25, 0.3) is 0 Å². The molecule has 0 saturated heterocycles. The van der Waals surface area contributed by atoms with E-state index in [9.17, 15) is 0 Å². The number of hydrogen-bond donors (Lipinski definition) is 1. The van der Waals surface area contributed by atoms with E-state index < -0.39 is 0 Å². The van der Waals surface area contributed by atoms with Crippen LogP contribution in [-0.4, -0.2) is 5.16 Å². The molecular formula is C11H12N2O. The van der Waals surface area contributed by atoms with Gasteiger partial charge in [-0.3, -0.25) is 0 Å². The van der Waals surface area contributed by atoms with E-state index in [4.69, 9.17) is 4.52 Å². The molecule has 3 heteroatoms. The van der Waals surface area contributed by atoms with Gasteiger partial charge in [0.25, 0.3) is 0 Å². The smallest absolute Gasteiger partial charge is 0.155 e. The van der Waals surface area contributed by atoms with Gasteiger partial charge in [0.05, 0.1) is 12.7 Å². The van der Waals surface area contributed by atoms with Crippen molar-refractivity contribution in [2.75, 3.05) is 5.32 Å². The van der Waals surface area contributed by atoms with Crippen molar-refractivity contribution >= 4 is 5.69 Å². The second-order valence-electron chi connectivity index (χ2n) is 3.20. The third-order valence-corrected chi connectivity index (χ3v) is 2.01. The second-order valence-corrected chi connectivity index (χ2v) is 3.20. The van der Waals surface area contributed by atoms with E-state index in [0.29, 0.717) is 6.54 Å². The molecule has 1 aromatic heterocycles. The molecule has 0 fully saturated rings. The van der Waals surface area contributed by atoms with Crippen LogP contribution >= 0.6 is 0 Å². The van der Waals surface area contributed by atoms with Gasteiger partial charge in [-0.15, -0.1) is 0 Å². The quantitative estimate of drug-likeness (QED) is 0.804. The minimum Gasteiger partial charge on any atom is -0.378 e. The average Bonchev–Trinajstić information content (AvgIpc) is 2.70. The molecule has 0 aliphatic heterocycles. The fraction of sp³-hybridized carbons (Fsp3) is 0.182. The predicted molar refractivity (Wildman–Crippen MR) is 55.0 cm³/mol. The lowest BCUT2D eigenvalue weighted by atomic mass is 10.2.